The summed E-state index contributed by atoms with van der Waals surface area (Å²) in [7, 11) is 0. The molecule has 0 N–H and O–H groups in total. The van der Waals surface area contributed by atoms with Crippen molar-refractivity contribution in [2.24, 2.45) is 0 Å². The van der Waals surface area contributed by atoms with Gasteiger partial charge in [0.1, 0.15) is 0 Å². The normalized spacial score (nSPS) is 12.7. The molecule has 0 unspecified atom stereocenters. The van der Waals surface area contributed by atoms with E-state index in [0.29, 0.717) is 0 Å². The Morgan fingerprint density at radius 2 is 1.04 bits per heavy atom. The minimum Gasteiger partial charge on any atom is -0.550 e. The van der Waals surface area contributed by atoms with E-state index in [0.717, 1.165) is 0 Å². The van der Waals surface area contributed by atoms with E-state index < -0.39 is 48.6 Å². The van der Waals surface area contributed by atoms with Crippen LogP contribution in [-0.2, 0) is 43.9 Å². The molecule has 0 aromatic carbocycles. The minimum absolute atomic E-state index is 0. The third-order valence-electron chi connectivity index (χ3n) is 3.65. The smallest absolute Gasteiger partial charge is 0.550 e. The van der Waals surface area contributed by atoms with Crippen LogP contribution >= 0.6 is 0 Å². The van der Waals surface area contributed by atoms with E-state index >= 15 is 0 Å². The molecule has 0 bridgehead atoms. The summed E-state index contributed by atoms with van der Waals surface area (Å²) in [6, 6.07) is 0. The van der Waals surface area contributed by atoms with Crippen LogP contribution < -0.4 is 139 Å². The Morgan fingerprint density at radius 1 is 0.679 bits per heavy atom. The number of carbonyl (C=O) groups is 4. The predicted octanol–water partition coefficient (Wildman–Crippen LogP) is -17.8. The first-order valence-electron chi connectivity index (χ1n) is 6.86. The van der Waals surface area contributed by atoms with E-state index in [-0.39, 0.29) is 154 Å². The van der Waals surface area contributed by atoms with Gasteiger partial charge in [-0.05, 0) is 12.8 Å². The van der Waals surface area contributed by atoms with E-state index in [9.17, 15) is 39.6 Å². The number of carboxylic acids is 4. The van der Waals surface area contributed by atoms with Crippen molar-refractivity contribution in [3.63, 3.8) is 0 Å². The van der Waals surface area contributed by atoms with Gasteiger partial charge in [-0.3, -0.25) is 9.97 Å². The average Bonchev–Trinajstić information content (AvgIpc) is 3.21. The molecule has 1 aromatic rings. The van der Waals surface area contributed by atoms with Crippen LogP contribution in [0.2, 0.25) is 0 Å². The van der Waals surface area contributed by atoms with Crippen molar-refractivity contribution < 1.29 is 158 Å². The Hall–Kier alpha value is 0.960. The van der Waals surface area contributed by atoms with Crippen LogP contribution in [0.25, 0.3) is 0 Å². The molecule has 1 aliphatic carbocycles. The summed E-state index contributed by atoms with van der Waals surface area (Å²) in [5.41, 5.74) is -2.74. The zero-order valence-corrected chi connectivity index (χ0v) is 24.2. The molecule has 1 fully saturated rings. The van der Waals surface area contributed by atoms with Crippen LogP contribution in [-0.4, -0.2) is 33.8 Å². The molecule has 1 aromatic heterocycles. The molecule has 0 radical (unpaired) electrons. The second-order valence-electron chi connectivity index (χ2n) is 5.43. The van der Waals surface area contributed by atoms with Gasteiger partial charge in [0.2, 0.25) is 0 Å². The molecule has 0 saturated heterocycles. The topological polar surface area (TPSA) is 186 Å². The van der Waals surface area contributed by atoms with Crippen LogP contribution in [0.15, 0.2) is 0 Å². The molecular weight excluding hydrogens is 416 g/mol. The SMILES string of the molecule is O=C([O-])Cc1nc(CC(=O)[O-])c(C2(C(=O)[O-])CC2)nc1CC(=O)[O-].[Na+].[Na+].[Na+].[Na+]. The van der Waals surface area contributed by atoms with E-state index in [1.807, 2.05) is 0 Å². The number of carboxylic acid groups (broad SMARTS) is 4. The van der Waals surface area contributed by atoms with Crippen LogP contribution in [0.4, 0.5) is 0 Å². The van der Waals surface area contributed by atoms with Gasteiger partial charge < -0.3 is 39.6 Å². The maximum absolute atomic E-state index is 11.3. The number of hydrogen-bond donors (Lipinski definition) is 0. The van der Waals surface area contributed by atoms with Gasteiger partial charge in [-0.25, -0.2) is 0 Å². The Labute approximate surface area is 248 Å². The third-order valence-corrected chi connectivity index (χ3v) is 3.65. The Balaban J connectivity index is -0.00000156. The molecule has 0 spiro atoms. The fraction of sp³-hybridized carbons (Fsp3) is 0.429. The second kappa shape index (κ2) is 14.1. The first kappa shape index (κ1) is 33.6. The predicted molar refractivity (Wildman–Crippen MR) is 64.1 cm³/mol. The van der Waals surface area contributed by atoms with Gasteiger partial charge in [-0.1, -0.05) is 0 Å². The molecular formula is C14H10N2Na4O8. The standard InChI is InChI=1S/C14H14N2O8.4Na/c17-9(18)3-6-7(4-10(19)20)16-12(8(15-6)5-11(21)22)14(1-2-14)13(23)24;;;;/h1-5H2,(H,17,18)(H,19,20)(H,21,22)(H,23,24);;;;/q;4*+1/p-4. The van der Waals surface area contributed by atoms with Gasteiger partial charge in [-0.2, -0.15) is 0 Å². The molecule has 14 heteroatoms. The van der Waals surface area contributed by atoms with Gasteiger partial charge in [0.15, 0.2) is 0 Å². The van der Waals surface area contributed by atoms with Crippen LogP contribution in [0.5, 0.6) is 0 Å². The first-order valence-corrected chi connectivity index (χ1v) is 6.86. The van der Waals surface area contributed by atoms with E-state index in [4.69, 9.17) is 0 Å². The molecule has 1 aliphatic rings. The summed E-state index contributed by atoms with van der Waals surface area (Å²) in [6.45, 7) is 0. The van der Waals surface area contributed by atoms with Crippen LogP contribution in [0.1, 0.15) is 35.6 Å². The number of hydrogen-bond acceptors (Lipinski definition) is 10. The monoisotopic (exact) mass is 426 g/mol. The number of nitrogens with zero attached hydrogens (tertiary/aromatic N) is 2. The minimum atomic E-state index is -1.59. The van der Waals surface area contributed by atoms with Crippen molar-refractivity contribution in [2.75, 3.05) is 0 Å². The molecule has 28 heavy (non-hydrogen) atoms. The third kappa shape index (κ3) is 8.60. The Bertz CT molecular complexity index is 755. The Kier molecular flexibility index (Phi) is 16.9. The molecule has 0 atom stereocenters. The fourth-order valence-electron chi connectivity index (χ4n) is 2.41. The van der Waals surface area contributed by atoms with Crippen molar-refractivity contribution in [3.8, 4) is 0 Å². The zero-order chi connectivity index (χ0) is 18.1. The number of aliphatic carboxylic acids is 4. The molecule has 2 rings (SSSR count). The molecule has 0 aliphatic heterocycles. The summed E-state index contributed by atoms with van der Waals surface area (Å²) in [5, 5.41) is 43.8. The largest absolute Gasteiger partial charge is 1.00 e. The van der Waals surface area contributed by atoms with Crippen molar-refractivity contribution in [3.05, 3.63) is 22.8 Å². The van der Waals surface area contributed by atoms with Crippen LogP contribution in [0, 0.1) is 0 Å². The van der Waals surface area contributed by atoms with Gasteiger partial charge in [-0.15, -0.1) is 0 Å². The van der Waals surface area contributed by atoms with Gasteiger partial charge >= 0.3 is 118 Å². The van der Waals surface area contributed by atoms with E-state index in [1.165, 1.54) is 0 Å². The molecule has 0 amide bonds. The number of aromatic nitrogens is 2. The first-order chi connectivity index (χ1) is 11.2. The molecule has 10 nitrogen and oxygen atoms in total. The Morgan fingerprint density at radius 3 is 1.36 bits per heavy atom. The van der Waals surface area contributed by atoms with Crippen molar-refractivity contribution in [2.45, 2.75) is 37.5 Å². The van der Waals surface area contributed by atoms with Crippen molar-refractivity contribution >= 4 is 23.9 Å². The summed E-state index contributed by atoms with van der Waals surface area (Å²) < 4.78 is 0. The van der Waals surface area contributed by atoms with E-state index in [2.05, 4.69) is 9.97 Å². The summed E-state index contributed by atoms with van der Waals surface area (Å²) in [6.07, 6.45) is -2.18. The zero-order valence-electron chi connectivity index (χ0n) is 16.2. The summed E-state index contributed by atoms with van der Waals surface area (Å²) >= 11 is 0. The maximum atomic E-state index is 11.3. The molecule has 128 valence electrons. The van der Waals surface area contributed by atoms with Crippen molar-refractivity contribution in [1.29, 1.82) is 0 Å². The second-order valence-corrected chi connectivity index (χ2v) is 5.43. The van der Waals surface area contributed by atoms with Gasteiger partial charge in [0.05, 0.1) is 34.2 Å². The molecule has 1 saturated carbocycles. The summed E-state index contributed by atoms with van der Waals surface area (Å²) in [4.78, 5) is 51.5. The molecule has 1 heterocycles. The van der Waals surface area contributed by atoms with E-state index in [1.54, 1.807) is 0 Å². The van der Waals surface area contributed by atoms with Gasteiger partial charge in [0.25, 0.3) is 0 Å². The maximum Gasteiger partial charge on any atom is 1.00 e. The van der Waals surface area contributed by atoms with Crippen LogP contribution in [0.3, 0.4) is 0 Å². The van der Waals surface area contributed by atoms with Crippen molar-refractivity contribution in [1.82, 2.24) is 9.97 Å². The van der Waals surface area contributed by atoms with Gasteiger partial charge in [0, 0.05) is 37.2 Å². The fourth-order valence-corrected chi connectivity index (χ4v) is 2.41. The average molecular weight is 426 g/mol. The number of carbonyl (C=O) groups excluding carboxylic acids is 4. The quantitative estimate of drug-likeness (QED) is 0.361. The number of rotatable bonds is 8. The summed E-state index contributed by atoms with van der Waals surface area (Å²) in [5.74, 6) is -6.24.